The molecule has 6 nitrogen and oxygen atoms in total. The number of benzene rings is 1. The molecule has 0 saturated carbocycles. The van der Waals surface area contributed by atoms with Crippen molar-refractivity contribution in [3.63, 3.8) is 0 Å². The summed E-state index contributed by atoms with van der Waals surface area (Å²) >= 11 is 0. The summed E-state index contributed by atoms with van der Waals surface area (Å²) in [7, 11) is 0. The van der Waals surface area contributed by atoms with Crippen molar-refractivity contribution < 1.29 is 5.11 Å². The summed E-state index contributed by atoms with van der Waals surface area (Å²) in [5, 5.41) is 13.5. The van der Waals surface area contributed by atoms with Crippen LogP contribution in [0.1, 0.15) is 33.1 Å². The molecular formula is C21H35N5O. The largest absolute Gasteiger partial charge is 0.506 e. The third-order valence-corrected chi connectivity index (χ3v) is 5.73. The van der Waals surface area contributed by atoms with E-state index in [4.69, 9.17) is 4.99 Å². The Morgan fingerprint density at radius 2 is 1.93 bits per heavy atom. The number of hydrogen-bond donors (Lipinski definition) is 2. The van der Waals surface area contributed by atoms with Gasteiger partial charge in [-0.25, -0.2) is 0 Å². The molecular weight excluding hydrogens is 338 g/mol. The van der Waals surface area contributed by atoms with E-state index in [-0.39, 0.29) is 0 Å². The first kappa shape index (κ1) is 19.8. The number of guanidine groups is 1. The first-order valence-corrected chi connectivity index (χ1v) is 10.5. The first-order chi connectivity index (χ1) is 13.2. The quantitative estimate of drug-likeness (QED) is 0.613. The molecule has 0 radical (unpaired) electrons. The molecule has 150 valence electrons. The fourth-order valence-corrected chi connectivity index (χ4v) is 4.09. The van der Waals surface area contributed by atoms with Crippen LogP contribution < -0.4 is 10.2 Å². The lowest BCUT2D eigenvalue weighted by Gasteiger charge is -2.38. The summed E-state index contributed by atoms with van der Waals surface area (Å²) in [6.45, 7) is 12.1. The number of nitrogens with zero attached hydrogens (tertiary/aromatic N) is 4. The average molecular weight is 374 g/mol. The number of para-hydroxylation sites is 2. The Hall–Kier alpha value is -1.95. The van der Waals surface area contributed by atoms with Gasteiger partial charge in [0, 0.05) is 45.3 Å². The maximum atomic E-state index is 10.1. The van der Waals surface area contributed by atoms with Crippen LogP contribution in [0.2, 0.25) is 0 Å². The lowest BCUT2D eigenvalue weighted by Crippen LogP contribution is -2.52. The van der Waals surface area contributed by atoms with E-state index in [1.54, 1.807) is 6.07 Å². The van der Waals surface area contributed by atoms with Gasteiger partial charge in [0.15, 0.2) is 5.96 Å². The minimum atomic E-state index is 0.363. The van der Waals surface area contributed by atoms with Gasteiger partial charge in [0.1, 0.15) is 5.75 Å². The van der Waals surface area contributed by atoms with Crippen molar-refractivity contribution in [2.24, 2.45) is 4.99 Å². The Morgan fingerprint density at radius 1 is 1.15 bits per heavy atom. The molecule has 0 bridgehead atoms. The molecule has 0 aromatic heterocycles. The van der Waals surface area contributed by atoms with Crippen molar-refractivity contribution in [1.29, 1.82) is 0 Å². The highest BCUT2D eigenvalue weighted by Gasteiger charge is 2.22. The molecule has 1 atom stereocenters. The zero-order valence-electron chi connectivity index (χ0n) is 16.9. The van der Waals surface area contributed by atoms with Crippen molar-refractivity contribution in [3.05, 3.63) is 24.3 Å². The van der Waals surface area contributed by atoms with Gasteiger partial charge in [-0.3, -0.25) is 9.89 Å². The predicted molar refractivity (Wildman–Crippen MR) is 113 cm³/mol. The molecule has 1 unspecified atom stereocenters. The Balaban J connectivity index is 1.53. The maximum Gasteiger partial charge on any atom is 0.194 e. The third-order valence-electron chi connectivity index (χ3n) is 5.73. The van der Waals surface area contributed by atoms with E-state index < -0.39 is 0 Å². The second kappa shape index (κ2) is 9.83. The minimum Gasteiger partial charge on any atom is -0.506 e. The highest BCUT2D eigenvalue weighted by atomic mass is 16.3. The lowest BCUT2D eigenvalue weighted by molar-refractivity contribution is 0.165. The molecule has 2 aliphatic rings. The number of nitrogens with one attached hydrogen (secondary N) is 1. The van der Waals surface area contributed by atoms with Crippen molar-refractivity contribution in [1.82, 2.24) is 15.1 Å². The normalized spacial score (nSPS) is 22.1. The van der Waals surface area contributed by atoms with Crippen LogP contribution in [0.3, 0.4) is 0 Å². The summed E-state index contributed by atoms with van der Waals surface area (Å²) in [5.74, 6) is 1.39. The standard InChI is InChI=1S/C21H35N5O/c1-3-22-21(23-11-13-24-12-7-6-8-18(24)2)26-16-14-25(15-17-26)19-9-4-5-10-20(19)27/h4-5,9-10,18,27H,3,6-8,11-17H2,1-2H3,(H,22,23). The number of piperidine rings is 1. The van der Waals surface area contributed by atoms with Gasteiger partial charge in [-0.05, 0) is 45.4 Å². The molecule has 6 heteroatoms. The SMILES string of the molecule is CCNC(=NCCN1CCCCC1C)N1CCN(c2ccccc2O)CC1. The van der Waals surface area contributed by atoms with Crippen LogP contribution in [0.25, 0.3) is 0 Å². The molecule has 27 heavy (non-hydrogen) atoms. The molecule has 2 aliphatic heterocycles. The molecule has 0 aliphatic carbocycles. The van der Waals surface area contributed by atoms with Crippen molar-refractivity contribution in [2.45, 2.75) is 39.2 Å². The number of aliphatic imine (C=N–C) groups is 1. The van der Waals surface area contributed by atoms with Crippen molar-refractivity contribution in [3.8, 4) is 5.75 Å². The predicted octanol–water partition coefficient (Wildman–Crippen LogP) is 2.35. The van der Waals surface area contributed by atoms with Gasteiger partial charge < -0.3 is 20.2 Å². The molecule has 1 aromatic rings. The molecule has 3 rings (SSSR count). The Kier molecular flexibility index (Phi) is 7.21. The number of rotatable bonds is 5. The Morgan fingerprint density at radius 3 is 2.63 bits per heavy atom. The van der Waals surface area contributed by atoms with Gasteiger partial charge in [0.05, 0.1) is 12.2 Å². The van der Waals surface area contributed by atoms with E-state index in [9.17, 15) is 5.11 Å². The van der Waals surface area contributed by atoms with Crippen LogP contribution in [0.5, 0.6) is 5.75 Å². The van der Waals surface area contributed by atoms with Gasteiger partial charge in [0.2, 0.25) is 0 Å². The summed E-state index contributed by atoms with van der Waals surface area (Å²) < 4.78 is 0. The third kappa shape index (κ3) is 5.28. The van der Waals surface area contributed by atoms with E-state index in [1.165, 1.54) is 25.8 Å². The Labute approximate surface area is 163 Å². The van der Waals surface area contributed by atoms with Crippen LogP contribution in [-0.4, -0.2) is 79.3 Å². The molecule has 2 N–H and O–H groups in total. The molecule has 1 aromatic carbocycles. The topological polar surface area (TPSA) is 54.3 Å². The summed E-state index contributed by atoms with van der Waals surface area (Å²) in [4.78, 5) is 12.1. The van der Waals surface area contributed by atoms with Crippen LogP contribution in [0.15, 0.2) is 29.3 Å². The van der Waals surface area contributed by atoms with Gasteiger partial charge in [-0.15, -0.1) is 0 Å². The zero-order chi connectivity index (χ0) is 19.1. The number of piperazine rings is 1. The fourth-order valence-electron chi connectivity index (χ4n) is 4.09. The van der Waals surface area contributed by atoms with Crippen LogP contribution in [0.4, 0.5) is 5.69 Å². The van der Waals surface area contributed by atoms with Gasteiger partial charge in [-0.2, -0.15) is 0 Å². The number of aromatic hydroxyl groups is 1. The van der Waals surface area contributed by atoms with Crippen molar-refractivity contribution in [2.75, 3.05) is 57.3 Å². The van der Waals surface area contributed by atoms with Crippen LogP contribution in [-0.2, 0) is 0 Å². The summed E-state index contributed by atoms with van der Waals surface area (Å²) in [5.41, 5.74) is 0.929. The van der Waals surface area contributed by atoms with E-state index in [2.05, 4.69) is 33.9 Å². The number of likely N-dealkylation sites (tertiary alicyclic amines) is 1. The minimum absolute atomic E-state index is 0.363. The maximum absolute atomic E-state index is 10.1. The average Bonchev–Trinajstić information content (AvgIpc) is 2.69. The molecule has 0 spiro atoms. The number of phenolic OH excluding ortho intramolecular Hbond substituents is 1. The smallest absolute Gasteiger partial charge is 0.194 e. The second-order valence-electron chi connectivity index (χ2n) is 7.58. The lowest BCUT2D eigenvalue weighted by atomic mass is 10.0. The van der Waals surface area contributed by atoms with Gasteiger partial charge in [-0.1, -0.05) is 18.6 Å². The second-order valence-corrected chi connectivity index (χ2v) is 7.58. The fraction of sp³-hybridized carbons (Fsp3) is 0.667. The molecule has 2 fully saturated rings. The van der Waals surface area contributed by atoms with Crippen LogP contribution >= 0.6 is 0 Å². The highest BCUT2D eigenvalue weighted by molar-refractivity contribution is 5.80. The highest BCUT2D eigenvalue weighted by Crippen LogP contribution is 2.27. The Bertz CT molecular complexity index is 612. The zero-order valence-corrected chi connectivity index (χ0v) is 16.9. The van der Waals surface area contributed by atoms with Crippen LogP contribution in [0, 0.1) is 0 Å². The van der Waals surface area contributed by atoms with Gasteiger partial charge in [0.25, 0.3) is 0 Å². The summed E-state index contributed by atoms with van der Waals surface area (Å²) in [6.07, 6.45) is 4.01. The monoisotopic (exact) mass is 373 g/mol. The molecule has 2 heterocycles. The first-order valence-electron chi connectivity index (χ1n) is 10.5. The van der Waals surface area contributed by atoms with E-state index in [1.807, 2.05) is 18.2 Å². The molecule has 0 amide bonds. The van der Waals surface area contributed by atoms with E-state index in [0.29, 0.717) is 11.8 Å². The number of hydrogen-bond acceptors (Lipinski definition) is 4. The van der Waals surface area contributed by atoms with E-state index >= 15 is 0 Å². The van der Waals surface area contributed by atoms with E-state index in [0.717, 1.165) is 57.5 Å². The van der Waals surface area contributed by atoms with Crippen molar-refractivity contribution >= 4 is 11.6 Å². The molecule has 2 saturated heterocycles. The number of anilines is 1. The van der Waals surface area contributed by atoms with Gasteiger partial charge >= 0.3 is 0 Å². The number of phenols is 1. The summed E-state index contributed by atoms with van der Waals surface area (Å²) in [6, 6.07) is 8.29.